The first kappa shape index (κ1) is 24.1. The summed E-state index contributed by atoms with van der Waals surface area (Å²) in [5.74, 6) is 0.291. The van der Waals surface area contributed by atoms with Crippen LogP contribution in [0.4, 0.5) is 0 Å². The van der Waals surface area contributed by atoms with Gasteiger partial charge in [-0.3, -0.25) is 9.98 Å². The number of nitrogens with zero attached hydrogens (tertiary/aromatic N) is 2. The van der Waals surface area contributed by atoms with Gasteiger partial charge in [-0.05, 0) is 64.2 Å². The van der Waals surface area contributed by atoms with E-state index in [1.165, 1.54) is 0 Å². The molecular formula is C14H38N6O2Si3. The minimum Gasteiger partial charge on any atom is -0.437 e. The van der Waals surface area contributed by atoms with Gasteiger partial charge in [0.25, 0.3) is 0 Å². The molecular weight excluding hydrogens is 368 g/mol. The number of hydrogen-bond donors (Lipinski definition) is 4. The Kier molecular flexibility index (Phi) is 9.94. The average molecular weight is 407 g/mol. The molecule has 0 radical (unpaired) electrons. The van der Waals surface area contributed by atoms with Gasteiger partial charge in [0, 0.05) is 13.1 Å². The Morgan fingerprint density at radius 1 is 0.680 bits per heavy atom. The van der Waals surface area contributed by atoms with E-state index in [2.05, 4.69) is 49.3 Å². The summed E-state index contributed by atoms with van der Waals surface area (Å²) in [5.41, 5.74) is 21.4. The fraction of sp³-hybridized carbons (Fsp3) is 0.857. The third-order valence-electron chi connectivity index (χ3n) is 3.51. The molecule has 0 rings (SSSR count). The summed E-state index contributed by atoms with van der Waals surface area (Å²) in [6.45, 7) is 14.5. The van der Waals surface area contributed by atoms with Crippen molar-refractivity contribution in [2.75, 3.05) is 13.1 Å². The van der Waals surface area contributed by atoms with Gasteiger partial charge < -0.3 is 31.2 Å². The third kappa shape index (κ3) is 14.0. The van der Waals surface area contributed by atoms with Crippen LogP contribution in [0.5, 0.6) is 0 Å². The Hall–Kier alpha value is -0.889. The molecule has 8 N–H and O–H groups in total. The number of hydrogen-bond acceptors (Lipinski definition) is 4. The van der Waals surface area contributed by atoms with Gasteiger partial charge in [0.1, 0.15) is 0 Å². The maximum absolute atomic E-state index is 6.52. The average Bonchev–Trinajstić information content (AvgIpc) is 2.36. The van der Waals surface area contributed by atoms with Crippen LogP contribution in [0.15, 0.2) is 9.98 Å². The predicted molar refractivity (Wildman–Crippen MR) is 115 cm³/mol. The predicted octanol–water partition coefficient (Wildman–Crippen LogP) is 1.46. The van der Waals surface area contributed by atoms with Crippen LogP contribution < -0.4 is 22.9 Å². The van der Waals surface area contributed by atoms with Crippen LogP contribution in [0.1, 0.15) is 12.8 Å². The zero-order valence-electron chi connectivity index (χ0n) is 16.8. The minimum atomic E-state index is -2.19. The van der Waals surface area contributed by atoms with Crippen LogP contribution in [0, 0.1) is 0 Å². The van der Waals surface area contributed by atoms with Crippen LogP contribution in [0.2, 0.25) is 51.4 Å². The third-order valence-corrected chi connectivity index (χ3v) is 15.0. The lowest BCUT2D eigenvalue weighted by Crippen LogP contribution is -2.52. The number of aliphatic imine (C=N–C) groups is 2. The zero-order chi connectivity index (χ0) is 19.7. The smallest absolute Gasteiger partial charge is 0.311 e. The van der Waals surface area contributed by atoms with Crippen LogP contribution in [-0.2, 0) is 8.23 Å². The second-order valence-corrected chi connectivity index (χ2v) is 20.4. The van der Waals surface area contributed by atoms with Crippen molar-refractivity contribution in [1.82, 2.24) is 0 Å². The topological polar surface area (TPSA) is 147 Å². The molecule has 0 unspecified atom stereocenters. The van der Waals surface area contributed by atoms with E-state index in [1.54, 1.807) is 0 Å². The molecule has 0 aliphatic rings. The summed E-state index contributed by atoms with van der Waals surface area (Å²) in [5, 5.41) is 0. The van der Waals surface area contributed by atoms with E-state index in [1.807, 2.05) is 0 Å². The summed E-state index contributed by atoms with van der Waals surface area (Å²) in [6.07, 6.45) is 1.86. The van der Waals surface area contributed by atoms with Gasteiger partial charge in [0.05, 0.1) is 0 Å². The van der Waals surface area contributed by atoms with E-state index >= 15 is 0 Å². The van der Waals surface area contributed by atoms with E-state index in [9.17, 15) is 0 Å². The van der Waals surface area contributed by atoms with Crippen molar-refractivity contribution in [2.45, 2.75) is 64.2 Å². The molecule has 0 spiro atoms. The molecule has 0 fully saturated rings. The van der Waals surface area contributed by atoms with Crippen molar-refractivity contribution < 1.29 is 8.23 Å². The normalized spacial score (nSPS) is 12.7. The van der Waals surface area contributed by atoms with Gasteiger partial charge in [-0.2, -0.15) is 0 Å². The number of guanidine groups is 2. The second kappa shape index (κ2) is 10.3. The van der Waals surface area contributed by atoms with Gasteiger partial charge >= 0.3 is 8.56 Å². The van der Waals surface area contributed by atoms with E-state index < -0.39 is 25.2 Å². The Balaban J connectivity index is 4.47. The molecule has 11 heteroatoms. The fourth-order valence-corrected chi connectivity index (χ4v) is 16.9. The van der Waals surface area contributed by atoms with E-state index in [-0.39, 0.29) is 11.9 Å². The van der Waals surface area contributed by atoms with Crippen LogP contribution in [0.3, 0.4) is 0 Å². The van der Waals surface area contributed by atoms with Gasteiger partial charge in [-0.1, -0.05) is 0 Å². The number of nitrogens with two attached hydrogens (primary N) is 4. The van der Waals surface area contributed by atoms with Crippen molar-refractivity contribution >= 4 is 37.1 Å². The first-order chi connectivity index (χ1) is 11.2. The van der Waals surface area contributed by atoms with Crippen molar-refractivity contribution in [2.24, 2.45) is 32.9 Å². The minimum absolute atomic E-state index is 0.145. The number of rotatable bonds is 12. The Morgan fingerprint density at radius 2 is 1.00 bits per heavy atom. The molecule has 0 aliphatic carbocycles. The molecule has 0 bridgehead atoms. The summed E-state index contributed by atoms with van der Waals surface area (Å²) in [6, 6.07) is 2.02. The Bertz CT molecular complexity index is 421. The maximum Gasteiger partial charge on any atom is 0.311 e. The fourth-order valence-electron chi connectivity index (χ4n) is 2.88. The van der Waals surface area contributed by atoms with Crippen molar-refractivity contribution in [3.05, 3.63) is 0 Å². The Morgan fingerprint density at radius 3 is 1.28 bits per heavy atom. The molecule has 0 atom stereocenters. The molecule has 0 saturated heterocycles. The summed E-state index contributed by atoms with van der Waals surface area (Å²) >= 11 is 0. The highest BCUT2D eigenvalue weighted by Crippen LogP contribution is 2.26. The van der Waals surface area contributed by atoms with E-state index in [0.29, 0.717) is 13.1 Å². The summed E-state index contributed by atoms with van der Waals surface area (Å²) < 4.78 is 13.0. The van der Waals surface area contributed by atoms with E-state index in [4.69, 9.17) is 31.2 Å². The molecule has 0 saturated carbocycles. The van der Waals surface area contributed by atoms with E-state index in [0.717, 1.165) is 24.9 Å². The lowest BCUT2D eigenvalue weighted by atomic mass is 10.5. The van der Waals surface area contributed by atoms with Gasteiger partial charge in [-0.25, -0.2) is 0 Å². The lowest BCUT2D eigenvalue weighted by Gasteiger charge is -2.38. The second-order valence-electron chi connectivity index (χ2n) is 7.94. The van der Waals surface area contributed by atoms with Crippen LogP contribution in [0.25, 0.3) is 0 Å². The first-order valence-electron chi connectivity index (χ1n) is 8.76. The molecule has 0 heterocycles. The maximum atomic E-state index is 6.52. The molecule has 0 amide bonds. The summed E-state index contributed by atoms with van der Waals surface area (Å²) in [7, 11) is -5.81. The largest absolute Gasteiger partial charge is 0.437 e. The monoisotopic (exact) mass is 406 g/mol. The molecule has 0 aromatic rings. The van der Waals surface area contributed by atoms with Gasteiger partial charge in [0.15, 0.2) is 28.6 Å². The van der Waals surface area contributed by atoms with Crippen molar-refractivity contribution in [3.8, 4) is 0 Å². The van der Waals surface area contributed by atoms with Gasteiger partial charge in [-0.15, -0.1) is 0 Å². The highest BCUT2D eigenvalue weighted by Gasteiger charge is 2.39. The van der Waals surface area contributed by atoms with Crippen LogP contribution in [-0.4, -0.2) is 50.2 Å². The zero-order valence-corrected chi connectivity index (χ0v) is 19.8. The molecule has 148 valence electrons. The van der Waals surface area contributed by atoms with Crippen LogP contribution >= 0.6 is 0 Å². The molecule has 0 aromatic carbocycles. The van der Waals surface area contributed by atoms with Crippen molar-refractivity contribution in [1.29, 1.82) is 0 Å². The molecule has 25 heavy (non-hydrogen) atoms. The quantitative estimate of drug-likeness (QED) is 0.167. The SMILES string of the molecule is C[Si](C)(CCCN=C(N)N)O[Si](C)(C)O[Si](C)(C)CCCN=C(N)N. The molecule has 0 aliphatic heterocycles. The van der Waals surface area contributed by atoms with Crippen molar-refractivity contribution in [3.63, 3.8) is 0 Å². The Labute approximate surface area is 155 Å². The first-order valence-corrected chi connectivity index (χ1v) is 17.8. The highest BCUT2D eigenvalue weighted by molar-refractivity contribution is 6.87. The standard InChI is InChI=1S/C14H38N6O2Si3/c1-23(2,11-7-9-19-13(15)16)21-25(5,6)22-24(3,4)12-8-10-20-14(17)18/h7-12H2,1-6H3,(H4,15,16,19)(H4,17,18,20). The lowest BCUT2D eigenvalue weighted by molar-refractivity contribution is 0.387. The summed E-state index contributed by atoms with van der Waals surface area (Å²) in [4.78, 5) is 8.07. The molecule has 8 nitrogen and oxygen atoms in total. The van der Waals surface area contributed by atoms with Gasteiger partial charge in [0.2, 0.25) is 0 Å². The highest BCUT2D eigenvalue weighted by atomic mass is 28.5. The molecule has 0 aromatic heterocycles.